The van der Waals surface area contributed by atoms with Gasteiger partial charge in [-0.25, -0.2) is 0 Å². The van der Waals surface area contributed by atoms with Gasteiger partial charge in [-0.2, -0.15) is 0 Å². The van der Waals surface area contributed by atoms with Gasteiger partial charge >= 0.3 is 0 Å². The van der Waals surface area contributed by atoms with Crippen LogP contribution in [0.3, 0.4) is 0 Å². The van der Waals surface area contributed by atoms with Gasteiger partial charge in [-0.3, -0.25) is 0 Å². The third kappa shape index (κ3) is 2.13. The van der Waals surface area contributed by atoms with Crippen LogP contribution in [0.2, 0.25) is 0 Å². The molecule has 0 aliphatic rings. The summed E-state index contributed by atoms with van der Waals surface area (Å²) in [6.45, 7) is 12.7. The summed E-state index contributed by atoms with van der Waals surface area (Å²) in [5.41, 5.74) is 7.56. The molecule has 1 heterocycles. The van der Waals surface area contributed by atoms with Gasteiger partial charge < -0.3 is 4.57 Å². The highest BCUT2D eigenvalue weighted by Crippen LogP contribution is 2.26. The number of hydrogen-bond donors (Lipinski definition) is 0. The van der Waals surface area contributed by atoms with Crippen LogP contribution in [0.1, 0.15) is 35.9 Å². The van der Waals surface area contributed by atoms with Crippen molar-refractivity contribution in [2.45, 2.75) is 34.1 Å². The van der Waals surface area contributed by atoms with Gasteiger partial charge in [0.2, 0.25) is 0 Å². The summed E-state index contributed by atoms with van der Waals surface area (Å²) in [7, 11) is 0. The zero-order valence-corrected chi connectivity index (χ0v) is 11.7. The normalized spacial score (nSPS) is 10.7. The summed E-state index contributed by atoms with van der Waals surface area (Å²) in [6.07, 6.45) is 0.998. The number of rotatable bonds is 3. The Bertz CT molecular complexity index is 570. The van der Waals surface area contributed by atoms with E-state index in [9.17, 15) is 0 Å². The van der Waals surface area contributed by atoms with Crippen LogP contribution >= 0.6 is 0 Å². The van der Waals surface area contributed by atoms with E-state index < -0.39 is 0 Å². The van der Waals surface area contributed by atoms with Crippen LogP contribution in [0.25, 0.3) is 11.3 Å². The molecule has 0 aliphatic carbocycles. The molecular formula is C17H21N. The van der Waals surface area contributed by atoms with Gasteiger partial charge in [-0.05, 0) is 56.5 Å². The number of aryl methyl sites for hydroxylation is 2. The lowest BCUT2D eigenvalue weighted by molar-refractivity contribution is 0.962. The topological polar surface area (TPSA) is 4.93 Å². The van der Waals surface area contributed by atoms with Crippen LogP contribution in [-0.2, 0) is 0 Å². The van der Waals surface area contributed by atoms with Crippen molar-refractivity contribution in [3.8, 4) is 5.69 Å². The molecule has 0 saturated heterocycles. The molecule has 1 nitrogen and oxygen atoms in total. The van der Waals surface area contributed by atoms with Crippen molar-refractivity contribution in [1.82, 2.24) is 4.57 Å². The number of aromatic nitrogens is 1. The van der Waals surface area contributed by atoms with Crippen LogP contribution in [-0.4, -0.2) is 4.57 Å². The average molecular weight is 239 g/mol. The van der Waals surface area contributed by atoms with Crippen molar-refractivity contribution in [2.24, 2.45) is 0 Å². The van der Waals surface area contributed by atoms with E-state index in [2.05, 4.69) is 69.2 Å². The standard InChI is InChI=1S/C17H21N/c1-6-13(3)17-11-14(4)18(15(17)5)16-9-7-12(2)8-10-16/h7-11H,3,6H2,1-2,4-5H3. The number of benzene rings is 1. The van der Waals surface area contributed by atoms with Crippen LogP contribution in [0.4, 0.5) is 0 Å². The summed E-state index contributed by atoms with van der Waals surface area (Å²) < 4.78 is 2.30. The molecule has 0 radical (unpaired) electrons. The second kappa shape index (κ2) is 4.85. The molecule has 0 saturated carbocycles. The Morgan fingerprint density at radius 1 is 1.11 bits per heavy atom. The molecule has 0 fully saturated rings. The zero-order chi connectivity index (χ0) is 13.3. The van der Waals surface area contributed by atoms with Crippen molar-refractivity contribution in [3.63, 3.8) is 0 Å². The van der Waals surface area contributed by atoms with Gasteiger partial charge in [-0.1, -0.05) is 31.2 Å². The quantitative estimate of drug-likeness (QED) is 0.723. The van der Waals surface area contributed by atoms with Gasteiger partial charge in [0.05, 0.1) is 0 Å². The summed E-state index contributed by atoms with van der Waals surface area (Å²) in [5.74, 6) is 0. The SMILES string of the molecule is C=C(CC)c1cc(C)n(-c2ccc(C)cc2)c1C. The Balaban J connectivity index is 2.55. The van der Waals surface area contributed by atoms with Crippen molar-refractivity contribution < 1.29 is 0 Å². The Hall–Kier alpha value is -1.76. The Morgan fingerprint density at radius 3 is 2.28 bits per heavy atom. The highest BCUT2D eigenvalue weighted by molar-refractivity contribution is 5.67. The molecule has 2 aromatic rings. The van der Waals surface area contributed by atoms with Crippen LogP contribution in [0.15, 0.2) is 36.9 Å². The van der Waals surface area contributed by atoms with Gasteiger partial charge in [-0.15, -0.1) is 0 Å². The Morgan fingerprint density at radius 2 is 1.72 bits per heavy atom. The molecular weight excluding hydrogens is 218 g/mol. The third-order valence-corrected chi connectivity index (χ3v) is 3.53. The molecule has 0 aliphatic heterocycles. The maximum atomic E-state index is 4.15. The minimum atomic E-state index is 0.998. The highest BCUT2D eigenvalue weighted by atomic mass is 15.0. The molecule has 0 spiro atoms. The third-order valence-electron chi connectivity index (χ3n) is 3.53. The Labute approximate surface area is 110 Å². The second-order valence-corrected chi connectivity index (χ2v) is 4.91. The lowest BCUT2D eigenvalue weighted by Crippen LogP contribution is -1.99. The lowest BCUT2D eigenvalue weighted by Gasteiger charge is -2.10. The van der Waals surface area contributed by atoms with E-state index in [4.69, 9.17) is 0 Å². The fourth-order valence-corrected chi connectivity index (χ4v) is 2.40. The summed E-state index contributed by atoms with van der Waals surface area (Å²) in [5, 5.41) is 0. The van der Waals surface area contributed by atoms with E-state index in [1.54, 1.807) is 0 Å². The first kappa shape index (κ1) is 12.7. The van der Waals surface area contributed by atoms with Gasteiger partial charge in [0, 0.05) is 17.1 Å². The van der Waals surface area contributed by atoms with Crippen molar-refractivity contribution >= 4 is 5.57 Å². The molecule has 1 heteroatoms. The monoisotopic (exact) mass is 239 g/mol. The van der Waals surface area contributed by atoms with Crippen LogP contribution in [0.5, 0.6) is 0 Å². The highest BCUT2D eigenvalue weighted by Gasteiger charge is 2.11. The van der Waals surface area contributed by atoms with E-state index in [1.807, 2.05) is 0 Å². The van der Waals surface area contributed by atoms with Gasteiger partial charge in [0.25, 0.3) is 0 Å². The average Bonchev–Trinajstić information content (AvgIpc) is 2.65. The summed E-state index contributed by atoms with van der Waals surface area (Å²) in [4.78, 5) is 0. The van der Waals surface area contributed by atoms with Gasteiger partial charge in [0.1, 0.15) is 0 Å². The molecule has 2 rings (SSSR count). The predicted molar refractivity (Wildman–Crippen MR) is 79.3 cm³/mol. The first-order chi connectivity index (χ1) is 8.54. The van der Waals surface area contributed by atoms with E-state index in [0.29, 0.717) is 0 Å². The van der Waals surface area contributed by atoms with Gasteiger partial charge in [0.15, 0.2) is 0 Å². The minimum absolute atomic E-state index is 0.998. The second-order valence-electron chi connectivity index (χ2n) is 4.91. The molecule has 0 unspecified atom stereocenters. The van der Waals surface area contributed by atoms with Crippen molar-refractivity contribution in [1.29, 1.82) is 0 Å². The summed E-state index contributed by atoms with van der Waals surface area (Å²) in [6, 6.07) is 10.9. The maximum absolute atomic E-state index is 4.15. The lowest BCUT2D eigenvalue weighted by atomic mass is 10.1. The first-order valence-electron chi connectivity index (χ1n) is 6.48. The fourth-order valence-electron chi connectivity index (χ4n) is 2.40. The molecule has 1 aromatic carbocycles. The summed E-state index contributed by atoms with van der Waals surface area (Å²) >= 11 is 0. The fraction of sp³-hybridized carbons (Fsp3) is 0.294. The molecule has 0 atom stereocenters. The van der Waals surface area contributed by atoms with E-state index in [-0.39, 0.29) is 0 Å². The Kier molecular flexibility index (Phi) is 3.42. The largest absolute Gasteiger partial charge is 0.318 e. The molecule has 0 amide bonds. The number of nitrogens with zero attached hydrogens (tertiary/aromatic N) is 1. The van der Waals surface area contributed by atoms with E-state index in [0.717, 1.165) is 6.42 Å². The molecule has 0 bridgehead atoms. The molecule has 1 aromatic heterocycles. The molecule has 0 N–H and O–H groups in total. The maximum Gasteiger partial charge on any atom is 0.0455 e. The minimum Gasteiger partial charge on any atom is -0.318 e. The molecule has 18 heavy (non-hydrogen) atoms. The van der Waals surface area contributed by atoms with E-state index >= 15 is 0 Å². The first-order valence-corrected chi connectivity index (χ1v) is 6.48. The smallest absolute Gasteiger partial charge is 0.0455 e. The number of hydrogen-bond acceptors (Lipinski definition) is 0. The van der Waals surface area contributed by atoms with Crippen LogP contribution < -0.4 is 0 Å². The number of allylic oxidation sites excluding steroid dienone is 1. The van der Waals surface area contributed by atoms with Crippen LogP contribution in [0, 0.1) is 20.8 Å². The van der Waals surface area contributed by atoms with Crippen molar-refractivity contribution in [2.75, 3.05) is 0 Å². The zero-order valence-electron chi connectivity index (χ0n) is 11.7. The van der Waals surface area contributed by atoms with Crippen molar-refractivity contribution in [3.05, 3.63) is 59.4 Å². The molecule has 94 valence electrons. The predicted octanol–water partition coefficient (Wildman–Crippen LogP) is 4.83. The van der Waals surface area contributed by atoms with E-state index in [1.165, 1.54) is 33.8 Å².